The van der Waals surface area contributed by atoms with Crippen LogP contribution >= 0.6 is 31.9 Å². The standard InChI is InChI=1S/C13H18Br2N2O3S/c14-9-5-11(15)13(12(16)6-9)21(19,20)17-7-8-1-3-10(18)4-2-8/h5-6,8,10,17-18H,1-4,7,16H2. The molecule has 0 radical (unpaired) electrons. The van der Waals surface area contributed by atoms with Crippen LogP contribution in [0.4, 0.5) is 5.69 Å². The summed E-state index contributed by atoms with van der Waals surface area (Å²) >= 11 is 6.52. The Morgan fingerprint density at radius 1 is 1.24 bits per heavy atom. The molecule has 0 aliphatic heterocycles. The van der Waals surface area contributed by atoms with Crippen molar-refractivity contribution in [2.45, 2.75) is 36.7 Å². The summed E-state index contributed by atoms with van der Waals surface area (Å²) in [6.07, 6.45) is 2.89. The van der Waals surface area contributed by atoms with E-state index in [-0.39, 0.29) is 22.6 Å². The van der Waals surface area contributed by atoms with Gasteiger partial charge in [-0.1, -0.05) is 15.9 Å². The maximum atomic E-state index is 12.4. The van der Waals surface area contributed by atoms with Gasteiger partial charge in [-0.2, -0.15) is 0 Å². The molecule has 8 heteroatoms. The molecule has 1 aliphatic rings. The summed E-state index contributed by atoms with van der Waals surface area (Å²) in [4.78, 5) is 0.0709. The lowest BCUT2D eigenvalue weighted by Crippen LogP contribution is -2.32. The van der Waals surface area contributed by atoms with Gasteiger partial charge in [-0.05, 0) is 59.7 Å². The predicted octanol–water partition coefficient (Wildman–Crippen LogP) is 2.62. The summed E-state index contributed by atoms with van der Waals surface area (Å²) in [6, 6.07) is 3.22. The topological polar surface area (TPSA) is 92.4 Å². The van der Waals surface area contributed by atoms with Crippen molar-refractivity contribution in [3.8, 4) is 0 Å². The second-order valence-corrected chi connectivity index (χ2v) is 8.81. The summed E-state index contributed by atoms with van der Waals surface area (Å²) in [7, 11) is -3.66. The number of nitrogens with one attached hydrogen (secondary N) is 1. The Hall–Kier alpha value is -0.150. The van der Waals surface area contributed by atoms with Crippen LogP contribution in [0.5, 0.6) is 0 Å². The molecule has 0 saturated heterocycles. The van der Waals surface area contributed by atoms with Gasteiger partial charge in [0.25, 0.3) is 0 Å². The molecule has 0 unspecified atom stereocenters. The van der Waals surface area contributed by atoms with Crippen molar-refractivity contribution < 1.29 is 13.5 Å². The SMILES string of the molecule is Nc1cc(Br)cc(Br)c1S(=O)(=O)NCC1CCC(O)CC1. The third-order valence-electron chi connectivity index (χ3n) is 3.68. The lowest BCUT2D eigenvalue weighted by atomic mass is 9.88. The number of hydrogen-bond donors (Lipinski definition) is 3. The first-order valence-electron chi connectivity index (χ1n) is 6.72. The first kappa shape index (κ1) is 17.2. The number of halogens is 2. The van der Waals surface area contributed by atoms with Crippen molar-refractivity contribution in [2.24, 2.45) is 5.92 Å². The van der Waals surface area contributed by atoms with Gasteiger partial charge in [0, 0.05) is 15.5 Å². The molecule has 0 atom stereocenters. The fourth-order valence-corrected chi connectivity index (χ4v) is 5.69. The van der Waals surface area contributed by atoms with Crippen molar-refractivity contribution in [1.82, 2.24) is 4.72 Å². The minimum atomic E-state index is -3.66. The zero-order valence-electron chi connectivity index (χ0n) is 11.4. The van der Waals surface area contributed by atoms with Gasteiger partial charge in [-0.3, -0.25) is 0 Å². The number of rotatable bonds is 4. The Balaban J connectivity index is 2.09. The van der Waals surface area contributed by atoms with E-state index in [4.69, 9.17) is 5.73 Å². The summed E-state index contributed by atoms with van der Waals surface area (Å²) in [5.41, 5.74) is 6.02. The minimum absolute atomic E-state index is 0.0709. The number of hydrogen-bond acceptors (Lipinski definition) is 4. The highest BCUT2D eigenvalue weighted by Crippen LogP contribution is 2.32. The van der Waals surface area contributed by atoms with E-state index in [2.05, 4.69) is 36.6 Å². The number of aliphatic hydroxyl groups is 1. The van der Waals surface area contributed by atoms with Crippen molar-refractivity contribution >= 4 is 47.6 Å². The van der Waals surface area contributed by atoms with Gasteiger partial charge in [0.15, 0.2) is 0 Å². The van der Waals surface area contributed by atoms with Crippen LogP contribution in [0.25, 0.3) is 0 Å². The smallest absolute Gasteiger partial charge is 0.243 e. The number of nitrogen functional groups attached to an aromatic ring is 1. The van der Waals surface area contributed by atoms with Gasteiger partial charge < -0.3 is 10.8 Å². The maximum Gasteiger partial charge on any atom is 0.243 e. The van der Waals surface area contributed by atoms with Crippen LogP contribution in [-0.2, 0) is 10.0 Å². The van der Waals surface area contributed by atoms with Gasteiger partial charge >= 0.3 is 0 Å². The number of nitrogens with two attached hydrogens (primary N) is 1. The van der Waals surface area contributed by atoms with E-state index in [0.29, 0.717) is 15.5 Å². The second-order valence-electron chi connectivity index (χ2n) is 5.33. The van der Waals surface area contributed by atoms with E-state index in [1.54, 1.807) is 12.1 Å². The average Bonchev–Trinajstić information content (AvgIpc) is 2.36. The van der Waals surface area contributed by atoms with E-state index in [1.807, 2.05) is 0 Å². The first-order chi connectivity index (χ1) is 9.79. The first-order valence-corrected chi connectivity index (χ1v) is 9.79. The quantitative estimate of drug-likeness (QED) is 0.626. The molecule has 2 rings (SSSR count). The Kier molecular flexibility index (Phi) is 5.70. The molecule has 5 nitrogen and oxygen atoms in total. The van der Waals surface area contributed by atoms with Crippen LogP contribution < -0.4 is 10.5 Å². The average molecular weight is 442 g/mol. The molecule has 1 saturated carbocycles. The van der Waals surface area contributed by atoms with E-state index < -0.39 is 10.0 Å². The summed E-state index contributed by atoms with van der Waals surface area (Å²) in [5.74, 6) is 0.263. The normalized spacial score (nSPS) is 23.2. The monoisotopic (exact) mass is 440 g/mol. The summed E-state index contributed by atoms with van der Waals surface area (Å²) in [5, 5.41) is 9.47. The van der Waals surface area contributed by atoms with Crippen LogP contribution in [0.2, 0.25) is 0 Å². The molecule has 1 fully saturated rings. The third kappa shape index (κ3) is 4.41. The molecule has 4 N–H and O–H groups in total. The molecule has 0 heterocycles. The number of aliphatic hydroxyl groups excluding tert-OH is 1. The molecule has 0 spiro atoms. The Bertz CT molecular complexity index is 591. The highest BCUT2D eigenvalue weighted by molar-refractivity contribution is 9.11. The fraction of sp³-hybridized carbons (Fsp3) is 0.538. The lowest BCUT2D eigenvalue weighted by molar-refractivity contribution is 0.109. The van der Waals surface area contributed by atoms with E-state index in [1.165, 1.54) is 0 Å². The van der Waals surface area contributed by atoms with E-state index >= 15 is 0 Å². The fourth-order valence-electron chi connectivity index (χ4n) is 2.51. The maximum absolute atomic E-state index is 12.4. The molecule has 118 valence electrons. The van der Waals surface area contributed by atoms with Crippen LogP contribution in [-0.4, -0.2) is 26.2 Å². The minimum Gasteiger partial charge on any atom is -0.398 e. The van der Waals surface area contributed by atoms with Crippen LogP contribution in [0.3, 0.4) is 0 Å². The highest BCUT2D eigenvalue weighted by atomic mass is 79.9. The zero-order chi connectivity index (χ0) is 15.6. The molecule has 1 aromatic carbocycles. The predicted molar refractivity (Wildman–Crippen MR) is 89.4 cm³/mol. The number of anilines is 1. The zero-order valence-corrected chi connectivity index (χ0v) is 15.3. The van der Waals surface area contributed by atoms with Crippen LogP contribution in [0.1, 0.15) is 25.7 Å². The molecule has 0 aromatic heterocycles. The Morgan fingerprint density at radius 2 is 1.86 bits per heavy atom. The van der Waals surface area contributed by atoms with Crippen LogP contribution in [0.15, 0.2) is 26.0 Å². The Morgan fingerprint density at radius 3 is 2.43 bits per heavy atom. The lowest BCUT2D eigenvalue weighted by Gasteiger charge is -2.25. The van der Waals surface area contributed by atoms with Gasteiger partial charge in [0.05, 0.1) is 11.8 Å². The number of sulfonamides is 1. The molecule has 21 heavy (non-hydrogen) atoms. The summed E-state index contributed by atoms with van der Waals surface area (Å²) in [6.45, 7) is 0.372. The molecular weight excluding hydrogens is 424 g/mol. The largest absolute Gasteiger partial charge is 0.398 e. The van der Waals surface area contributed by atoms with Gasteiger partial charge in [-0.25, -0.2) is 13.1 Å². The molecule has 1 aliphatic carbocycles. The molecule has 1 aromatic rings. The van der Waals surface area contributed by atoms with E-state index in [9.17, 15) is 13.5 Å². The molecule has 0 bridgehead atoms. The van der Waals surface area contributed by atoms with Crippen molar-refractivity contribution in [2.75, 3.05) is 12.3 Å². The van der Waals surface area contributed by atoms with Crippen LogP contribution in [0, 0.1) is 5.92 Å². The van der Waals surface area contributed by atoms with Crippen molar-refractivity contribution in [3.05, 3.63) is 21.1 Å². The Labute approximate surface area is 141 Å². The summed E-state index contributed by atoms with van der Waals surface area (Å²) < 4.78 is 28.6. The molecular formula is C13H18Br2N2O3S. The van der Waals surface area contributed by atoms with Gasteiger partial charge in [0.1, 0.15) is 4.90 Å². The third-order valence-corrected chi connectivity index (χ3v) is 6.57. The number of benzene rings is 1. The second kappa shape index (κ2) is 6.95. The van der Waals surface area contributed by atoms with E-state index in [0.717, 1.165) is 25.7 Å². The van der Waals surface area contributed by atoms with Crippen molar-refractivity contribution in [3.63, 3.8) is 0 Å². The van der Waals surface area contributed by atoms with Crippen molar-refractivity contribution in [1.29, 1.82) is 0 Å². The molecule has 0 amide bonds. The highest BCUT2D eigenvalue weighted by Gasteiger charge is 2.25. The van der Waals surface area contributed by atoms with Gasteiger partial charge in [-0.15, -0.1) is 0 Å². The van der Waals surface area contributed by atoms with Gasteiger partial charge in [0.2, 0.25) is 10.0 Å².